The lowest BCUT2D eigenvalue weighted by molar-refractivity contribution is 0.0525. The van der Waals surface area contributed by atoms with E-state index in [9.17, 15) is 17.6 Å². The lowest BCUT2D eigenvalue weighted by Gasteiger charge is -2.27. The molecule has 31 heavy (non-hydrogen) atoms. The van der Waals surface area contributed by atoms with E-state index in [0.717, 1.165) is 11.6 Å². The van der Waals surface area contributed by atoms with Gasteiger partial charge in [0.1, 0.15) is 5.82 Å². The molecule has 162 valence electrons. The van der Waals surface area contributed by atoms with Gasteiger partial charge < -0.3 is 4.74 Å². The molecule has 0 heterocycles. The lowest BCUT2D eigenvalue weighted by Crippen LogP contribution is -2.31. The molecule has 0 aliphatic carbocycles. The molecule has 0 atom stereocenters. The zero-order valence-corrected chi connectivity index (χ0v) is 18.4. The van der Waals surface area contributed by atoms with Crippen LogP contribution in [0.4, 0.5) is 10.1 Å². The predicted molar refractivity (Wildman–Crippen MR) is 118 cm³/mol. The average Bonchev–Trinajstić information content (AvgIpc) is 2.75. The van der Waals surface area contributed by atoms with E-state index in [0.29, 0.717) is 16.8 Å². The number of ether oxygens (including phenoxy) is 1. The van der Waals surface area contributed by atoms with Crippen LogP contribution >= 0.6 is 0 Å². The maximum Gasteiger partial charge on any atom is 0.338 e. The van der Waals surface area contributed by atoms with E-state index in [-0.39, 0.29) is 23.6 Å². The number of carbonyl (C=O) groups excluding carboxylic acids is 1. The van der Waals surface area contributed by atoms with Crippen LogP contribution in [0.1, 0.15) is 34.0 Å². The summed E-state index contributed by atoms with van der Waals surface area (Å²) >= 11 is 0. The van der Waals surface area contributed by atoms with Crippen molar-refractivity contribution in [2.45, 2.75) is 32.2 Å². The zero-order chi connectivity index (χ0) is 22.6. The summed E-state index contributed by atoms with van der Waals surface area (Å²) in [5.74, 6) is -0.995. The highest BCUT2D eigenvalue weighted by Gasteiger charge is 2.28. The van der Waals surface area contributed by atoms with Crippen LogP contribution < -0.4 is 4.31 Å². The molecule has 0 saturated carbocycles. The summed E-state index contributed by atoms with van der Waals surface area (Å²) in [6.07, 6.45) is 0. The third-order valence-corrected chi connectivity index (χ3v) is 6.71. The molecule has 0 amide bonds. The van der Waals surface area contributed by atoms with Crippen LogP contribution in [0.5, 0.6) is 0 Å². The standard InChI is InChI=1S/C24H24FNO4S/c1-4-30-24(27)21-11-8-12-23(18(21)3)26(16-19-9-6-5-7-10-19)31(28,29)20-13-14-22(25)17(2)15-20/h5-15H,4,16H2,1-3H3. The Morgan fingerprint density at radius 2 is 1.71 bits per heavy atom. The monoisotopic (exact) mass is 441 g/mol. The molecule has 7 heteroatoms. The van der Waals surface area contributed by atoms with Crippen LogP contribution in [-0.2, 0) is 21.3 Å². The van der Waals surface area contributed by atoms with Gasteiger partial charge in [0.15, 0.2) is 0 Å². The van der Waals surface area contributed by atoms with E-state index in [1.807, 2.05) is 30.3 Å². The predicted octanol–water partition coefficient (Wildman–Crippen LogP) is 5.01. The highest BCUT2D eigenvalue weighted by atomic mass is 32.2. The first-order valence-corrected chi connectivity index (χ1v) is 11.3. The molecule has 3 aromatic carbocycles. The number of esters is 1. The van der Waals surface area contributed by atoms with E-state index in [1.54, 1.807) is 32.0 Å². The van der Waals surface area contributed by atoms with Gasteiger partial charge in [0.25, 0.3) is 10.0 Å². The lowest BCUT2D eigenvalue weighted by atomic mass is 10.1. The minimum Gasteiger partial charge on any atom is -0.462 e. The van der Waals surface area contributed by atoms with E-state index in [2.05, 4.69) is 0 Å². The highest BCUT2D eigenvalue weighted by Crippen LogP contribution is 2.31. The Kier molecular flexibility index (Phi) is 6.75. The van der Waals surface area contributed by atoms with Crippen molar-refractivity contribution in [2.75, 3.05) is 10.9 Å². The Morgan fingerprint density at radius 3 is 2.35 bits per heavy atom. The molecule has 0 spiro atoms. The second kappa shape index (κ2) is 9.31. The van der Waals surface area contributed by atoms with Gasteiger partial charge in [-0.2, -0.15) is 0 Å². The fourth-order valence-electron chi connectivity index (χ4n) is 3.28. The van der Waals surface area contributed by atoms with Gasteiger partial charge in [-0.3, -0.25) is 4.31 Å². The minimum absolute atomic E-state index is 0.0248. The number of nitrogens with zero attached hydrogens (tertiary/aromatic N) is 1. The maximum absolute atomic E-state index is 13.8. The summed E-state index contributed by atoms with van der Waals surface area (Å²) in [5.41, 5.74) is 2.14. The molecule has 3 rings (SSSR count). The van der Waals surface area contributed by atoms with Gasteiger partial charge in [-0.25, -0.2) is 17.6 Å². The van der Waals surface area contributed by atoms with Gasteiger partial charge >= 0.3 is 5.97 Å². The summed E-state index contributed by atoms with van der Waals surface area (Å²) in [6.45, 7) is 5.17. The van der Waals surface area contributed by atoms with E-state index in [1.165, 1.54) is 23.4 Å². The summed E-state index contributed by atoms with van der Waals surface area (Å²) in [5, 5.41) is 0. The molecule has 0 aromatic heterocycles. The van der Waals surface area contributed by atoms with Crippen molar-refractivity contribution >= 4 is 21.7 Å². The zero-order valence-electron chi connectivity index (χ0n) is 17.6. The Labute approximate surface area is 182 Å². The molecule has 0 saturated heterocycles. The summed E-state index contributed by atoms with van der Waals surface area (Å²) in [4.78, 5) is 12.3. The summed E-state index contributed by atoms with van der Waals surface area (Å²) in [7, 11) is -4.05. The molecule has 0 bridgehead atoms. The highest BCUT2D eigenvalue weighted by molar-refractivity contribution is 7.92. The number of rotatable bonds is 7. The first-order valence-electron chi connectivity index (χ1n) is 9.85. The Hall–Kier alpha value is -3.19. The molecule has 5 nitrogen and oxygen atoms in total. The number of carbonyl (C=O) groups is 1. The van der Waals surface area contributed by atoms with Gasteiger partial charge in [0.2, 0.25) is 0 Å². The first kappa shape index (κ1) is 22.5. The minimum atomic E-state index is -4.05. The third kappa shape index (κ3) is 4.77. The second-order valence-corrected chi connectivity index (χ2v) is 8.94. The van der Waals surface area contributed by atoms with Crippen molar-refractivity contribution in [1.29, 1.82) is 0 Å². The average molecular weight is 442 g/mol. The van der Waals surface area contributed by atoms with Crippen LogP contribution in [0.25, 0.3) is 0 Å². The number of sulfonamides is 1. The van der Waals surface area contributed by atoms with Crippen LogP contribution in [0.3, 0.4) is 0 Å². The van der Waals surface area contributed by atoms with E-state index >= 15 is 0 Å². The fraction of sp³-hybridized carbons (Fsp3) is 0.208. The summed E-state index contributed by atoms with van der Waals surface area (Å²) in [6, 6.07) is 17.7. The number of benzene rings is 3. The molecule has 0 aliphatic rings. The van der Waals surface area contributed by atoms with Crippen molar-refractivity contribution in [3.05, 3.63) is 94.8 Å². The van der Waals surface area contributed by atoms with Gasteiger partial charge in [-0.05, 0) is 67.8 Å². The normalized spacial score (nSPS) is 11.2. The SMILES string of the molecule is CCOC(=O)c1cccc(N(Cc2ccccc2)S(=O)(=O)c2ccc(F)c(C)c2)c1C. The number of halogens is 1. The smallest absolute Gasteiger partial charge is 0.338 e. The van der Waals surface area contributed by atoms with Crippen LogP contribution in [0, 0.1) is 19.7 Å². The number of aryl methyl sites for hydroxylation is 1. The molecule has 0 aliphatic heterocycles. The fourth-order valence-corrected chi connectivity index (χ4v) is 4.87. The number of anilines is 1. The van der Waals surface area contributed by atoms with Crippen molar-refractivity contribution in [2.24, 2.45) is 0 Å². The Balaban J connectivity index is 2.17. The van der Waals surface area contributed by atoms with Gasteiger partial charge in [-0.1, -0.05) is 36.4 Å². The van der Waals surface area contributed by atoms with Crippen LogP contribution in [-0.4, -0.2) is 21.0 Å². The summed E-state index contributed by atoms with van der Waals surface area (Å²) < 4.78 is 47.4. The van der Waals surface area contributed by atoms with Gasteiger partial charge in [0, 0.05) is 0 Å². The topological polar surface area (TPSA) is 63.7 Å². The molecular formula is C24H24FNO4S. The molecule has 3 aromatic rings. The van der Waals surface area contributed by atoms with Crippen molar-refractivity contribution in [3.63, 3.8) is 0 Å². The Bertz CT molecular complexity index is 1190. The first-order chi connectivity index (χ1) is 14.8. The second-order valence-electron chi connectivity index (χ2n) is 7.08. The largest absolute Gasteiger partial charge is 0.462 e. The molecule has 0 N–H and O–H groups in total. The van der Waals surface area contributed by atoms with Crippen LogP contribution in [0.2, 0.25) is 0 Å². The number of hydrogen-bond acceptors (Lipinski definition) is 4. The third-order valence-electron chi connectivity index (χ3n) is 4.96. The number of hydrogen-bond donors (Lipinski definition) is 0. The van der Waals surface area contributed by atoms with Gasteiger partial charge in [-0.15, -0.1) is 0 Å². The quantitative estimate of drug-likeness (QED) is 0.483. The van der Waals surface area contributed by atoms with Crippen molar-refractivity contribution < 1.29 is 22.3 Å². The molecular weight excluding hydrogens is 417 g/mol. The van der Waals surface area contributed by atoms with Crippen molar-refractivity contribution in [3.8, 4) is 0 Å². The molecule has 0 unspecified atom stereocenters. The van der Waals surface area contributed by atoms with E-state index < -0.39 is 21.8 Å². The van der Waals surface area contributed by atoms with E-state index in [4.69, 9.17) is 4.74 Å². The van der Waals surface area contributed by atoms with Crippen LogP contribution in [0.15, 0.2) is 71.6 Å². The molecule has 0 fully saturated rings. The van der Waals surface area contributed by atoms with Gasteiger partial charge in [0.05, 0.1) is 29.3 Å². The Morgan fingerprint density at radius 1 is 1.00 bits per heavy atom. The molecule has 0 radical (unpaired) electrons. The maximum atomic E-state index is 13.8. The van der Waals surface area contributed by atoms with Crippen molar-refractivity contribution in [1.82, 2.24) is 0 Å².